The van der Waals surface area contributed by atoms with Crippen LogP contribution in [0.1, 0.15) is 51.5 Å². The smallest absolute Gasteiger partial charge is 0.325 e. The van der Waals surface area contributed by atoms with Gasteiger partial charge >= 0.3 is 6.03 Å². The van der Waals surface area contributed by atoms with Gasteiger partial charge in [-0.3, -0.25) is 14.5 Å². The van der Waals surface area contributed by atoms with Crippen molar-refractivity contribution in [3.8, 4) is 0 Å². The number of rotatable bonds is 5. The Morgan fingerprint density at radius 3 is 2.56 bits per heavy atom. The molecule has 0 bridgehead atoms. The lowest BCUT2D eigenvalue weighted by molar-refractivity contribution is -0.141. The summed E-state index contributed by atoms with van der Waals surface area (Å²) in [6.07, 6.45) is 4.16. The number of urea groups is 1. The largest absolute Gasteiger partial charge is 0.338 e. The van der Waals surface area contributed by atoms with E-state index in [-0.39, 0.29) is 18.5 Å². The number of nitrogens with one attached hydrogen (secondary N) is 1. The molecule has 6 nitrogen and oxygen atoms in total. The molecular formula is C20H26FN3O3. The number of carbonyl (C=O) groups is 3. The van der Waals surface area contributed by atoms with E-state index in [9.17, 15) is 18.8 Å². The van der Waals surface area contributed by atoms with Crippen molar-refractivity contribution in [3.05, 3.63) is 35.6 Å². The summed E-state index contributed by atoms with van der Waals surface area (Å²) in [6.45, 7) is 4.23. The molecule has 3 rings (SSSR count). The fraction of sp³-hybridized carbons (Fsp3) is 0.550. The highest BCUT2D eigenvalue weighted by atomic mass is 19.1. The van der Waals surface area contributed by atoms with Gasteiger partial charge in [-0.15, -0.1) is 0 Å². The van der Waals surface area contributed by atoms with E-state index in [0.717, 1.165) is 30.6 Å². The van der Waals surface area contributed by atoms with Gasteiger partial charge in [-0.2, -0.15) is 0 Å². The molecule has 1 aromatic carbocycles. The van der Waals surface area contributed by atoms with Crippen LogP contribution in [0.3, 0.4) is 0 Å². The summed E-state index contributed by atoms with van der Waals surface area (Å²) in [4.78, 5) is 41.2. The first-order chi connectivity index (χ1) is 12.9. The summed E-state index contributed by atoms with van der Waals surface area (Å²) in [6, 6.07) is 5.11. The van der Waals surface area contributed by atoms with Crippen molar-refractivity contribution in [2.45, 2.75) is 57.5 Å². The Hall–Kier alpha value is -2.44. The summed E-state index contributed by atoms with van der Waals surface area (Å²) < 4.78 is 13.3. The first-order valence-corrected chi connectivity index (χ1v) is 9.62. The topological polar surface area (TPSA) is 69.7 Å². The summed E-state index contributed by atoms with van der Waals surface area (Å²) >= 11 is 0. The van der Waals surface area contributed by atoms with E-state index >= 15 is 0 Å². The number of carbonyl (C=O) groups excluding carboxylic acids is 3. The number of hydrogen-bond acceptors (Lipinski definition) is 3. The second-order valence-electron chi connectivity index (χ2n) is 7.23. The second-order valence-corrected chi connectivity index (χ2v) is 7.23. The van der Waals surface area contributed by atoms with Gasteiger partial charge in [-0.05, 0) is 49.8 Å². The molecule has 7 heteroatoms. The maximum Gasteiger partial charge on any atom is 0.325 e. The Balaban J connectivity index is 1.81. The fourth-order valence-electron chi connectivity index (χ4n) is 4.12. The van der Waals surface area contributed by atoms with Gasteiger partial charge in [-0.25, -0.2) is 9.18 Å². The monoisotopic (exact) mass is 375 g/mol. The van der Waals surface area contributed by atoms with Crippen LogP contribution in [-0.4, -0.2) is 46.8 Å². The van der Waals surface area contributed by atoms with Crippen molar-refractivity contribution in [1.82, 2.24) is 15.1 Å². The van der Waals surface area contributed by atoms with E-state index in [1.165, 1.54) is 24.3 Å². The van der Waals surface area contributed by atoms with E-state index in [0.29, 0.717) is 18.5 Å². The Morgan fingerprint density at radius 1 is 1.22 bits per heavy atom. The molecule has 2 saturated heterocycles. The van der Waals surface area contributed by atoms with Crippen LogP contribution in [0, 0.1) is 5.82 Å². The van der Waals surface area contributed by atoms with Crippen molar-refractivity contribution >= 4 is 17.8 Å². The van der Waals surface area contributed by atoms with Crippen molar-refractivity contribution in [2.75, 3.05) is 13.1 Å². The highest BCUT2D eigenvalue weighted by Crippen LogP contribution is 2.32. The number of halogens is 1. The van der Waals surface area contributed by atoms with E-state index in [1.54, 1.807) is 11.8 Å². The summed E-state index contributed by atoms with van der Waals surface area (Å²) in [5.74, 6) is -1.07. The molecule has 0 saturated carbocycles. The molecule has 0 aliphatic carbocycles. The molecule has 0 unspecified atom stereocenters. The van der Waals surface area contributed by atoms with Gasteiger partial charge in [0.05, 0.1) is 0 Å². The number of piperidine rings is 1. The standard InChI is InChI=1S/C20H26FN3O3/c1-3-16-7-5-6-12-23(16)17(25)13-24-18(26)20(4-2,22-19(24)27)14-8-10-15(21)11-9-14/h8-11,16H,3-7,12-13H2,1-2H3,(H,22,27)/t16-,20+/m1/s1. The molecule has 2 fully saturated rings. The van der Waals surface area contributed by atoms with Crippen molar-refractivity contribution < 1.29 is 18.8 Å². The van der Waals surface area contributed by atoms with Crippen LogP contribution >= 0.6 is 0 Å². The molecule has 1 N–H and O–H groups in total. The lowest BCUT2D eigenvalue weighted by Crippen LogP contribution is -2.49. The van der Waals surface area contributed by atoms with E-state index in [4.69, 9.17) is 0 Å². The molecular weight excluding hydrogens is 349 g/mol. The number of nitrogens with zero attached hydrogens (tertiary/aromatic N) is 2. The molecule has 2 heterocycles. The molecule has 146 valence electrons. The van der Waals surface area contributed by atoms with Crippen LogP contribution in [0.2, 0.25) is 0 Å². The van der Waals surface area contributed by atoms with Crippen LogP contribution in [0.15, 0.2) is 24.3 Å². The first kappa shape index (κ1) is 19.3. The third kappa shape index (κ3) is 3.42. The predicted molar refractivity (Wildman–Crippen MR) is 98.3 cm³/mol. The average Bonchev–Trinajstić information content (AvgIpc) is 2.93. The molecule has 1 aromatic rings. The van der Waals surface area contributed by atoms with Crippen LogP contribution in [0.4, 0.5) is 9.18 Å². The van der Waals surface area contributed by atoms with Gasteiger partial charge in [0, 0.05) is 12.6 Å². The second kappa shape index (κ2) is 7.66. The van der Waals surface area contributed by atoms with E-state index in [1.807, 2.05) is 6.92 Å². The highest BCUT2D eigenvalue weighted by Gasteiger charge is 2.52. The highest BCUT2D eigenvalue weighted by molar-refractivity contribution is 6.09. The van der Waals surface area contributed by atoms with Crippen LogP contribution in [-0.2, 0) is 15.1 Å². The van der Waals surface area contributed by atoms with Crippen LogP contribution in [0.5, 0.6) is 0 Å². The Kier molecular flexibility index (Phi) is 5.48. The predicted octanol–water partition coefficient (Wildman–Crippen LogP) is 2.77. The maximum atomic E-state index is 13.3. The van der Waals surface area contributed by atoms with Crippen LogP contribution < -0.4 is 5.32 Å². The minimum Gasteiger partial charge on any atom is -0.338 e. The Bertz CT molecular complexity index is 736. The average molecular weight is 375 g/mol. The van der Waals surface area contributed by atoms with Gasteiger partial charge in [-0.1, -0.05) is 26.0 Å². The zero-order chi connectivity index (χ0) is 19.6. The summed E-state index contributed by atoms with van der Waals surface area (Å²) in [5, 5.41) is 2.73. The third-order valence-electron chi connectivity index (χ3n) is 5.76. The first-order valence-electron chi connectivity index (χ1n) is 9.62. The molecule has 2 aliphatic heterocycles. The summed E-state index contributed by atoms with van der Waals surface area (Å²) in [5.41, 5.74) is -0.735. The molecule has 0 spiro atoms. The Morgan fingerprint density at radius 2 is 1.93 bits per heavy atom. The number of amides is 4. The molecule has 2 aliphatic rings. The van der Waals surface area contributed by atoms with Crippen molar-refractivity contribution in [2.24, 2.45) is 0 Å². The van der Waals surface area contributed by atoms with Gasteiger partial charge in [0.2, 0.25) is 5.91 Å². The normalized spacial score (nSPS) is 25.7. The van der Waals surface area contributed by atoms with E-state index < -0.39 is 23.3 Å². The minimum absolute atomic E-state index is 0.167. The fourth-order valence-corrected chi connectivity index (χ4v) is 4.12. The minimum atomic E-state index is -1.25. The van der Waals surface area contributed by atoms with Gasteiger partial charge < -0.3 is 10.2 Å². The van der Waals surface area contributed by atoms with E-state index in [2.05, 4.69) is 5.32 Å². The van der Waals surface area contributed by atoms with Crippen molar-refractivity contribution in [3.63, 3.8) is 0 Å². The third-order valence-corrected chi connectivity index (χ3v) is 5.76. The number of likely N-dealkylation sites (tertiary alicyclic amines) is 1. The van der Waals surface area contributed by atoms with Gasteiger partial charge in [0.15, 0.2) is 0 Å². The quantitative estimate of drug-likeness (QED) is 0.805. The lowest BCUT2D eigenvalue weighted by atomic mass is 9.87. The summed E-state index contributed by atoms with van der Waals surface area (Å²) in [7, 11) is 0. The molecule has 4 amide bonds. The number of hydrogen-bond donors (Lipinski definition) is 1. The molecule has 27 heavy (non-hydrogen) atoms. The van der Waals surface area contributed by atoms with Gasteiger partial charge in [0.1, 0.15) is 17.9 Å². The maximum absolute atomic E-state index is 13.3. The molecule has 2 atom stereocenters. The number of benzene rings is 1. The number of imide groups is 1. The molecule has 0 radical (unpaired) electrons. The molecule has 0 aromatic heterocycles. The van der Waals surface area contributed by atoms with Crippen molar-refractivity contribution in [1.29, 1.82) is 0 Å². The van der Waals surface area contributed by atoms with Gasteiger partial charge in [0.25, 0.3) is 5.91 Å². The zero-order valence-electron chi connectivity index (χ0n) is 15.8. The SMILES string of the molecule is CC[C@@H]1CCCCN1C(=O)CN1C(=O)N[C@@](CC)(c2ccc(F)cc2)C1=O. The van der Waals surface area contributed by atoms with Crippen LogP contribution in [0.25, 0.3) is 0 Å². The lowest BCUT2D eigenvalue weighted by Gasteiger charge is -2.36. The Labute approximate surface area is 158 Å². The zero-order valence-corrected chi connectivity index (χ0v) is 15.8.